The van der Waals surface area contributed by atoms with E-state index in [1.165, 1.54) is 19.1 Å². The van der Waals surface area contributed by atoms with Crippen molar-refractivity contribution >= 4 is 28.4 Å². The third-order valence-corrected chi connectivity index (χ3v) is 2.69. The Labute approximate surface area is 105 Å². The Morgan fingerprint density at radius 1 is 1.50 bits per heavy atom. The van der Waals surface area contributed by atoms with E-state index in [2.05, 4.69) is 27.7 Å². The topological polar surface area (TPSA) is 34.9 Å². The maximum Gasteiger partial charge on any atom is 0.162 e. The van der Waals surface area contributed by atoms with Gasteiger partial charge in [0.25, 0.3) is 0 Å². The molecule has 82 valence electrons. The van der Waals surface area contributed by atoms with Gasteiger partial charge in [-0.05, 0) is 47.7 Å². The molecule has 0 aliphatic carbocycles. The molecule has 1 aromatic heterocycles. The van der Waals surface area contributed by atoms with Gasteiger partial charge >= 0.3 is 0 Å². The number of benzene rings is 1. The van der Waals surface area contributed by atoms with Crippen LogP contribution in [-0.4, -0.2) is 15.6 Å². The van der Waals surface area contributed by atoms with E-state index in [4.69, 9.17) is 0 Å². The minimum Gasteiger partial charge on any atom is -0.294 e. The van der Waals surface area contributed by atoms with Crippen molar-refractivity contribution in [1.29, 1.82) is 0 Å². The summed E-state index contributed by atoms with van der Waals surface area (Å²) >= 11 is 2.12. The van der Waals surface area contributed by atoms with Gasteiger partial charge in [-0.1, -0.05) is 0 Å². The van der Waals surface area contributed by atoms with Crippen LogP contribution < -0.4 is 0 Å². The van der Waals surface area contributed by atoms with E-state index in [0.717, 1.165) is 3.57 Å². The average Bonchev–Trinajstić information content (AvgIpc) is 2.64. The fraction of sp³-hybridized carbons (Fsp3) is 0.0909. The van der Waals surface area contributed by atoms with Crippen LogP contribution in [0.1, 0.15) is 17.3 Å². The molecule has 0 bridgehead atoms. The smallest absolute Gasteiger partial charge is 0.162 e. The number of carbonyl (C=O) groups is 1. The van der Waals surface area contributed by atoms with Crippen molar-refractivity contribution in [3.05, 3.63) is 45.5 Å². The first kappa shape index (κ1) is 11.3. The van der Waals surface area contributed by atoms with Crippen LogP contribution in [0.25, 0.3) is 5.69 Å². The first-order chi connectivity index (χ1) is 7.58. The minimum atomic E-state index is -0.421. The molecule has 16 heavy (non-hydrogen) atoms. The molecule has 0 saturated heterocycles. The summed E-state index contributed by atoms with van der Waals surface area (Å²) in [6, 6.07) is 4.09. The second kappa shape index (κ2) is 4.32. The van der Waals surface area contributed by atoms with Crippen molar-refractivity contribution < 1.29 is 9.18 Å². The van der Waals surface area contributed by atoms with Crippen molar-refractivity contribution in [2.75, 3.05) is 0 Å². The second-order valence-corrected chi connectivity index (χ2v) is 4.57. The fourth-order valence-corrected chi connectivity index (χ4v) is 1.81. The van der Waals surface area contributed by atoms with Crippen LogP contribution in [0.15, 0.2) is 30.6 Å². The molecule has 0 N–H and O–H groups in total. The summed E-state index contributed by atoms with van der Waals surface area (Å²) in [6.07, 6.45) is 3.45. The molecular formula is C11H8FIN2O. The molecule has 5 heteroatoms. The summed E-state index contributed by atoms with van der Waals surface area (Å²) in [5, 5.41) is 4.09. The summed E-state index contributed by atoms with van der Waals surface area (Å²) in [5.41, 5.74) is 0.927. The zero-order chi connectivity index (χ0) is 11.7. The van der Waals surface area contributed by atoms with Crippen LogP contribution >= 0.6 is 22.6 Å². The maximum absolute atomic E-state index is 13.0. The number of Topliss-reactive ketones (excluding diaryl/α,β-unsaturated/α-hetero) is 1. The monoisotopic (exact) mass is 330 g/mol. The van der Waals surface area contributed by atoms with E-state index in [1.54, 1.807) is 23.1 Å². The third kappa shape index (κ3) is 2.13. The quantitative estimate of drug-likeness (QED) is 0.627. The minimum absolute atomic E-state index is 0.181. The van der Waals surface area contributed by atoms with Crippen molar-refractivity contribution in [3.8, 4) is 5.69 Å². The van der Waals surface area contributed by atoms with E-state index in [9.17, 15) is 9.18 Å². The van der Waals surface area contributed by atoms with E-state index in [-0.39, 0.29) is 5.78 Å². The molecule has 2 rings (SSSR count). The molecule has 0 aliphatic heterocycles. The molecule has 2 aromatic rings. The highest BCUT2D eigenvalue weighted by Gasteiger charge is 2.11. The molecule has 3 nitrogen and oxygen atoms in total. The molecule has 1 aromatic carbocycles. The van der Waals surface area contributed by atoms with Gasteiger partial charge in [0.05, 0.1) is 15.5 Å². The van der Waals surface area contributed by atoms with Crippen LogP contribution in [0.2, 0.25) is 0 Å². The Kier molecular flexibility index (Phi) is 3.04. The lowest BCUT2D eigenvalue weighted by molar-refractivity contribution is 0.101. The number of nitrogens with zero attached hydrogens (tertiary/aromatic N) is 2. The van der Waals surface area contributed by atoms with Crippen LogP contribution in [-0.2, 0) is 0 Å². The lowest BCUT2D eigenvalue weighted by Gasteiger charge is -2.06. The molecule has 0 fully saturated rings. The molecule has 0 aliphatic rings. The number of carbonyl (C=O) groups excluding carboxylic acids is 1. The Morgan fingerprint density at radius 3 is 2.81 bits per heavy atom. The standard InChI is InChI=1S/C11H8FIN2O/c1-7(16)10-4-8(12)2-3-11(10)15-6-9(13)5-14-15/h2-6H,1H3. The summed E-state index contributed by atoms with van der Waals surface area (Å²) in [6.45, 7) is 1.41. The number of ketones is 1. The molecule has 0 saturated carbocycles. The van der Waals surface area contributed by atoms with Gasteiger partial charge in [0.2, 0.25) is 0 Å². The normalized spacial score (nSPS) is 10.4. The molecule has 0 atom stereocenters. The van der Waals surface area contributed by atoms with Gasteiger partial charge in [-0.15, -0.1) is 0 Å². The molecule has 0 radical (unpaired) electrons. The number of rotatable bonds is 2. The van der Waals surface area contributed by atoms with Gasteiger partial charge < -0.3 is 0 Å². The number of aromatic nitrogens is 2. The van der Waals surface area contributed by atoms with Crippen molar-refractivity contribution in [2.24, 2.45) is 0 Å². The zero-order valence-corrected chi connectivity index (χ0v) is 10.6. The van der Waals surface area contributed by atoms with Gasteiger partial charge in [-0.3, -0.25) is 4.79 Å². The van der Waals surface area contributed by atoms with E-state index < -0.39 is 5.82 Å². The molecule has 1 heterocycles. The van der Waals surface area contributed by atoms with Crippen LogP contribution in [0.3, 0.4) is 0 Å². The highest BCUT2D eigenvalue weighted by atomic mass is 127. The summed E-state index contributed by atoms with van der Waals surface area (Å²) in [7, 11) is 0. The Hall–Kier alpha value is -1.24. The Bertz CT molecular complexity index is 551. The Balaban J connectivity index is 2.60. The van der Waals surface area contributed by atoms with Gasteiger partial charge in [0, 0.05) is 11.8 Å². The zero-order valence-electron chi connectivity index (χ0n) is 8.45. The van der Waals surface area contributed by atoms with E-state index in [1.807, 2.05) is 0 Å². The van der Waals surface area contributed by atoms with E-state index in [0.29, 0.717) is 11.3 Å². The van der Waals surface area contributed by atoms with Crippen molar-refractivity contribution in [2.45, 2.75) is 6.92 Å². The SMILES string of the molecule is CC(=O)c1cc(F)ccc1-n1cc(I)cn1. The highest BCUT2D eigenvalue weighted by Crippen LogP contribution is 2.17. The second-order valence-electron chi connectivity index (χ2n) is 3.32. The maximum atomic E-state index is 13.0. The lowest BCUT2D eigenvalue weighted by atomic mass is 10.1. The molecule has 0 amide bonds. The first-order valence-electron chi connectivity index (χ1n) is 4.59. The largest absolute Gasteiger partial charge is 0.294 e. The van der Waals surface area contributed by atoms with Crippen LogP contribution in [0.5, 0.6) is 0 Å². The highest BCUT2D eigenvalue weighted by molar-refractivity contribution is 14.1. The lowest BCUT2D eigenvalue weighted by Crippen LogP contribution is -2.04. The molecule has 0 unspecified atom stereocenters. The number of halogens is 2. The van der Waals surface area contributed by atoms with Crippen molar-refractivity contribution in [1.82, 2.24) is 9.78 Å². The van der Waals surface area contributed by atoms with Crippen LogP contribution in [0, 0.1) is 9.39 Å². The fourth-order valence-electron chi connectivity index (χ4n) is 1.42. The first-order valence-corrected chi connectivity index (χ1v) is 5.67. The van der Waals surface area contributed by atoms with E-state index >= 15 is 0 Å². The predicted octanol–water partition coefficient (Wildman–Crippen LogP) is 2.82. The molecular weight excluding hydrogens is 322 g/mol. The predicted molar refractivity (Wildman–Crippen MR) is 66.2 cm³/mol. The summed E-state index contributed by atoms with van der Waals surface area (Å²) in [5.74, 6) is -0.601. The Morgan fingerprint density at radius 2 is 2.25 bits per heavy atom. The van der Waals surface area contributed by atoms with Gasteiger partial charge in [-0.25, -0.2) is 9.07 Å². The number of hydrogen-bond acceptors (Lipinski definition) is 2. The van der Waals surface area contributed by atoms with Gasteiger partial charge in [0.15, 0.2) is 5.78 Å². The van der Waals surface area contributed by atoms with Gasteiger partial charge in [0.1, 0.15) is 5.82 Å². The molecule has 0 spiro atoms. The van der Waals surface area contributed by atoms with Gasteiger partial charge in [-0.2, -0.15) is 5.10 Å². The number of hydrogen-bond donors (Lipinski definition) is 0. The average molecular weight is 330 g/mol. The summed E-state index contributed by atoms with van der Waals surface area (Å²) in [4.78, 5) is 11.4. The third-order valence-electron chi connectivity index (χ3n) is 2.14. The summed E-state index contributed by atoms with van der Waals surface area (Å²) < 4.78 is 15.6. The van der Waals surface area contributed by atoms with Crippen molar-refractivity contribution in [3.63, 3.8) is 0 Å². The van der Waals surface area contributed by atoms with Crippen LogP contribution in [0.4, 0.5) is 4.39 Å².